The third-order valence-electron chi connectivity index (χ3n) is 2.99. The largest absolute Gasteiger partial charge is 0.305 e. The van der Waals surface area contributed by atoms with Gasteiger partial charge in [0.25, 0.3) is 0 Å². The lowest BCUT2D eigenvalue weighted by Gasteiger charge is -2.37. The van der Waals surface area contributed by atoms with Crippen LogP contribution in [0.2, 0.25) is 0 Å². The minimum Gasteiger partial charge on any atom is -0.305 e. The van der Waals surface area contributed by atoms with Crippen LogP contribution >= 0.6 is 0 Å². The molecule has 0 radical (unpaired) electrons. The third-order valence-corrected chi connectivity index (χ3v) is 5.59. The van der Waals surface area contributed by atoms with E-state index in [2.05, 4.69) is 4.90 Å². The second-order valence-corrected chi connectivity index (χ2v) is 6.24. The Morgan fingerprint density at radius 2 is 1.85 bits per heavy atom. The van der Waals surface area contributed by atoms with E-state index in [4.69, 9.17) is 0 Å². The summed E-state index contributed by atoms with van der Waals surface area (Å²) in [4.78, 5) is 2.11. The molecule has 2 fully saturated rings. The van der Waals surface area contributed by atoms with Gasteiger partial charge in [-0.2, -0.15) is 0 Å². The van der Waals surface area contributed by atoms with Crippen molar-refractivity contribution in [3.63, 3.8) is 0 Å². The summed E-state index contributed by atoms with van der Waals surface area (Å²) in [6, 6.07) is 0. The number of sulfone groups is 1. The van der Waals surface area contributed by atoms with Crippen molar-refractivity contribution in [2.45, 2.75) is 31.4 Å². The maximum Gasteiger partial charge on any atom is 0.157 e. The van der Waals surface area contributed by atoms with Crippen LogP contribution in [-0.2, 0) is 9.84 Å². The highest BCUT2D eigenvalue weighted by Gasteiger charge is 2.54. The van der Waals surface area contributed by atoms with Crippen molar-refractivity contribution in [2.24, 2.45) is 0 Å². The Morgan fingerprint density at radius 1 is 1.23 bits per heavy atom. The Balaban J connectivity index is 0.000000396. The van der Waals surface area contributed by atoms with Crippen LogP contribution in [-0.4, -0.2) is 44.0 Å². The predicted molar refractivity (Wildman–Crippen MR) is 54.6 cm³/mol. The van der Waals surface area contributed by atoms with Gasteiger partial charge in [-0.1, -0.05) is 13.8 Å². The second kappa shape index (κ2) is 3.58. The van der Waals surface area contributed by atoms with Crippen LogP contribution in [0.15, 0.2) is 0 Å². The molecule has 0 saturated carbocycles. The van der Waals surface area contributed by atoms with Crippen molar-refractivity contribution < 1.29 is 8.42 Å². The van der Waals surface area contributed by atoms with Crippen LogP contribution in [0, 0.1) is 0 Å². The molecule has 1 spiro atoms. The normalized spacial score (nSPS) is 36.5. The van der Waals surface area contributed by atoms with Crippen molar-refractivity contribution in [3.8, 4) is 0 Å². The Hall–Kier alpha value is -0.0900. The first kappa shape index (κ1) is 11.0. The molecule has 3 nitrogen and oxygen atoms in total. The fourth-order valence-electron chi connectivity index (χ4n) is 2.06. The highest BCUT2D eigenvalue weighted by molar-refractivity contribution is 7.94. The molecule has 0 bridgehead atoms. The molecule has 4 heteroatoms. The van der Waals surface area contributed by atoms with E-state index < -0.39 is 9.84 Å². The van der Waals surface area contributed by atoms with Crippen molar-refractivity contribution in [1.29, 1.82) is 0 Å². The monoisotopic (exact) mass is 205 g/mol. The first-order valence-electron chi connectivity index (χ1n) is 4.97. The number of nitrogens with zero attached hydrogens (tertiary/aromatic N) is 1. The summed E-state index contributed by atoms with van der Waals surface area (Å²) in [5.41, 5.74) is 0. The zero-order chi connectivity index (χ0) is 10.1. The van der Waals surface area contributed by atoms with E-state index in [1.807, 2.05) is 20.9 Å². The molecule has 1 unspecified atom stereocenters. The minimum absolute atomic E-state index is 0.318. The Kier molecular flexibility index (Phi) is 3.02. The van der Waals surface area contributed by atoms with Gasteiger partial charge in [-0.25, -0.2) is 8.42 Å². The molecule has 78 valence electrons. The number of rotatable bonds is 0. The lowest BCUT2D eigenvalue weighted by molar-refractivity contribution is 0.384. The lowest BCUT2D eigenvalue weighted by atomic mass is 10.0. The Labute approximate surface area is 81.0 Å². The topological polar surface area (TPSA) is 37.4 Å². The van der Waals surface area contributed by atoms with Gasteiger partial charge in [0.1, 0.15) is 0 Å². The lowest BCUT2D eigenvalue weighted by Crippen LogP contribution is -2.52. The standard InChI is InChI=1S/C7H13NO2S.C2H6/c1-8-4-2-7(6-8)3-5-11(7,9)10;1-2/h2-6H2,1H3;1-2H3. The van der Waals surface area contributed by atoms with Crippen LogP contribution < -0.4 is 0 Å². The van der Waals surface area contributed by atoms with Gasteiger partial charge >= 0.3 is 0 Å². The summed E-state index contributed by atoms with van der Waals surface area (Å²) in [6.07, 6.45) is 1.74. The fourth-order valence-corrected chi connectivity index (χ4v) is 3.99. The van der Waals surface area contributed by atoms with E-state index in [1.165, 1.54) is 0 Å². The highest BCUT2D eigenvalue weighted by Crippen LogP contribution is 2.41. The molecule has 0 aromatic rings. The summed E-state index contributed by atoms with van der Waals surface area (Å²) < 4.78 is 22.4. The summed E-state index contributed by atoms with van der Waals surface area (Å²) in [6.45, 7) is 5.70. The maximum absolute atomic E-state index is 11.4. The molecule has 0 amide bonds. The summed E-state index contributed by atoms with van der Waals surface area (Å²) in [5.74, 6) is 0.418. The maximum atomic E-state index is 11.4. The van der Waals surface area contributed by atoms with Crippen LogP contribution in [0.1, 0.15) is 26.7 Å². The smallest absolute Gasteiger partial charge is 0.157 e. The Morgan fingerprint density at radius 3 is 2.00 bits per heavy atom. The predicted octanol–water partition coefficient (Wildman–Crippen LogP) is 0.905. The average molecular weight is 205 g/mol. The summed E-state index contributed by atoms with van der Waals surface area (Å²) >= 11 is 0. The van der Waals surface area contributed by atoms with Gasteiger partial charge in [0.15, 0.2) is 9.84 Å². The molecular formula is C9H19NO2S. The molecule has 13 heavy (non-hydrogen) atoms. The van der Waals surface area contributed by atoms with E-state index in [-0.39, 0.29) is 4.75 Å². The molecule has 2 aliphatic rings. The van der Waals surface area contributed by atoms with Gasteiger partial charge in [0.2, 0.25) is 0 Å². The molecule has 0 aromatic carbocycles. The van der Waals surface area contributed by atoms with Crippen LogP contribution in [0.3, 0.4) is 0 Å². The van der Waals surface area contributed by atoms with Crippen molar-refractivity contribution >= 4 is 9.84 Å². The fraction of sp³-hybridized carbons (Fsp3) is 1.00. The molecule has 0 aliphatic carbocycles. The average Bonchev–Trinajstić information content (AvgIpc) is 2.52. The highest BCUT2D eigenvalue weighted by atomic mass is 32.2. The first-order valence-corrected chi connectivity index (χ1v) is 6.62. The third kappa shape index (κ3) is 1.62. The van der Waals surface area contributed by atoms with Gasteiger partial charge in [-0.3, -0.25) is 0 Å². The van der Waals surface area contributed by atoms with Crippen molar-refractivity contribution in [1.82, 2.24) is 4.90 Å². The van der Waals surface area contributed by atoms with E-state index in [0.29, 0.717) is 5.75 Å². The van der Waals surface area contributed by atoms with E-state index in [9.17, 15) is 8.42 Å². The van der Waals surface area contributed by atoms with Crippen LogP contribution in [0.4, 0.5) is 0 Å². The first-order chi connectivity index (χ1) is 6.06. The molecule has 0 N–H and O–H groups in total. The Bertz CT molecular complexity index is 273. The molecule has 0 aromatic heterocycles. The number of likely N-dealkylation sites (tertiary alicyclic amines) is 1. The molecule has 2 heterocycles. The van der Waals surface area contributed by atoms with Gasteiger partial charge in [-0.15, -0.1) is 0 Å². The zero-order valence-electron chi connectivity index (χ0n) is 8.71. The van der Waals surface area contributed by atoms with E-state index >= 15 is 0 Å². The molecule has 2 aliphatic heterocycles. The summed E-state index contributed by atoms with van der Waals surface area (Å²) in [7, 11) is -0.707. The molecule has 1 atom stereocenters. The van der Waals surface area contributed by atoms with Gasteiger partial charge in [0.05, 0.1) is 10.5 Å². The molecular weight excluding hydrogens is 186 g/mol. The number of hydrogen-bond acceptors (Lipinski definition) is 3. The van der Waals surface area contributed by atoms with Crippen molar-refractivity contribution in [2.75, 3.05) is 25.9 Å². The van der Waals surface area contributed by atoms with E-state index in [1.54, 1.807) is 0 Å². The van der Waals surface area contributed by atoms with E-state index in [0.717, 1.165) is 25.9 Å². The van der Waals surface area contributed by atoms with Crippen molar-refractivity contribution in [3.05, 3.63) is 0 Å². The van der Waals surface area contributed by atoms with Gasteiger partial charge < -0.3 is 4.90 Å². The quantitative estimate of drug-likeness (QED) is 0.590. The minimum atomic E-state index is -2.70. The van der Waals surface area contributed by atoms with Gasteiger partial charge in [0, 0.05) is 6.54 Å². The number of hydrogen-bond donors (Lipinski definition) is 0. The molecule has 2 rings (SSSR count). The molecule has 2 saturated heterocycles. The second-order valence-electron chi connectivity index (χ2n) is 3.74. The van der Waals surface area contributed by atoms with Gasteiger partial charge in [-0.05, 0) is 26.4 Å². The van der Waals surface area contributed by atoms with Crippen LogP contribution in [0.25, 0.3) is 0 Å². The summed E-state index contributed by atoms with van der Waals surface area (Å²) in [5, 5.41) is 0. The SMILES string of the molecule is CC.CN1CCC2(CCS2(=O)=O)C1. The zero-order valence-corrected chi connectivity index (χ0v) is 9.52. The van der Waals surface area contributed by atoms with Crippen LogP contribution in [0.5, 0.6) is 0 Å².